The highest BCUT2D eigenvalue weighted by Gasteiger charge is 2.04. The highest BCUT2D eigenvalue weighted by molar-refractivity contribution is 5.94. The molecular weight excluding hydrogens is 310 g/mol. The standard InChI is InChI=1S/C21H21N3O/c25-21(24-23-20-9-5-2-6-10-20)19-13-11-18(12-14-19)16-22-15-17-7-3-1-4-8-17/h1-14,22-23H,15-16H2,(H,24,25). The second-order valence-corrected chi connectivity index (χ2v) is 5.73. The number of hydrazine groups is 1. The van der Waals surface area contributed by atoms with E-state index < -0.39 is 0 Å². The quantitative estimate of drug-likeness (QED) is 0.578. The zero-order chi connectivity index (χ0) is 17.3. The van der Waals surface area contributed by atoms with Crippen molar-refractivity contribution < 1.29 is 4.79 Å². The van der Waals surface area contributed by atoms with E-state index in [-0.39, 0.29) is 5.91 Å². The van der Waals surface area contributed by atoms with E-state index in [4.69, 9.17) is 0 Å². The third-order valence-electron chi connectivity index (χ3n) is 3.81. The Kier molecular flexibility index (Phi) is 5.80. The predicted octanol–water partition coefficient (Wildman–Crippen LogP) is 3.73. The number of amides is 1. The Bertz CT molecular complexity index is 786. The Morgan fingerprint density at radius 2 is 1.24 bits per heavy atom. The van der Waals surface area contributed by atoms with Crippen LogP contribution in [-0.2, 0) is 13.1 Å². The van der Waals surface area contributed by atoms with Gasteiger partial charge in [0.1, 0.15) is 0 Å². The fourth-order valence-electron chi connectivity index (χ4n) is 2.44. The molecular formula is C21H21N3O. The Hall–Kier alpha value is -3.11. The summed E-state index contributed by atoms with van der Waals surface area (Å²) in [7, 11) is 0. The summed E-state index contributed by atoms with van der Waals surface area (Å²) < 4.78 is 0. The average molecular weight is 331 g/mol. The molecule has 4 heteroatoms. The zero-order valence-corrected chi connectivity index (χ0v) is 13.9. The zero-order valence-electron chi connectivity index (χ0n) is 13.9. The number of rotatable bonds is 7. The molecule has 25 heavy (non-hydrogen) atoms. The van der Waals surface area contributed by atoms with Crippen molar-refractivity contribution in [3.05, 3.63) is 102 Å². The first-order chi connectivity index (χ1) is 12.3. The average Bonchev–Trinajstić information content (AvgIpc) is 2.68. The fourth-order valence-corrected chi connectivity index (χ4v) is 2.44. The molecule has 0 heterocycles. The van der Waals surface area contributed by atoms with E-state index in [0.717, 1.165) is 24.3 Å². The van der Waals surface area contributed by atoms with Crippen LogP contribution in [0.5, 0.6) is 0 Å². The van der Waals surface area contributed by atoms with Gasteiger partial charge in [-0.05, 0) is 35.4 Å². The van der Waals surface area contributed by atoms with Gasteiger partial charge in [0.15, 0.2) is 0 Å². The second kappa shape index (κ2) is 8.66. The van der Waals surface area contributed by atoms with E-state index in [1.165, 1.54) is 5.56 Å². The monoisotopic (exact) mass is 331 g/mol. The number of carbonyl (C=O) groups is 1. The van der Waals surface area contributed by atoms with Gasteiger partial charge in [0.25, 0.3) is 5.91 Å². The second-order valence-electron chi connectivity index (χ2n) is 5.73. The summed E-state index contributed by atoms with van der Waals surface area (Å²) >= 11 is 0. The summed E-state index contributed by atoms with van der Waals surface area (Å²) in [6.07, 6.45) is 0. The van der Waals surface area contributed by atoms with Gasteiger partial charge in [0, 0.05) is 18.7 Å². The number of benzene rings is 3. The molecule has 3 rings (SSSR count). The fraction of sp³-hybridized carbons (Fsp3) is 0.0952. The van der Waals surface area contributed by atoms with Crippen molar-refractivity contribution in [2.24, 2.45) is 0 Å². The molecule has 0 saturated carbocycles. The Morgan fingerprint density at radius 1 is 0.680 bits per heavy atom. The summed E-state index contributed by atoms with van der Waals surface area (Å²) in [5.74, 6) is -0.160. The van der Waals surface area contributed by atoms with Crippen molar-refractivity contribution in [3.8, 4) is 0 Å². The van der Waals surface area contributed by atoms with E-state index >= 15 is 0 Å². The minimum Gasteiger partial charge on any atom is -0.309 e. The van der Waals surface area contributed by atoms with Crippen LogP contribution in [0.1, 0.15) is 21.5 Å². The first-order valence-electron chi connectivity index (χ1n) is 8.26. The largest absolute Gasteiger partial charge is 0.309 e. The van der Waals surface area contributed by atoms with E-state index in [9.17, 15) is 4.79 Å². The smallest absolute Gasteiger partial charge is 0.269 e. The van der Waals surface area contributed by atoms with Crippen LogP contribution in [0.4, 0.5) is 5.69 Å². The Labute approximate surface area is 147 Å². The molecule has 0 aliphatic rings. The van der Waals surface area contributed by atoms with Crippen molar-refractivity contribution in [1.82, 2.24) is 10.7 Å². The number of para-hydroxylation sites is 1. The molecule has 0 spiro atoms. The van der Waals surface area contributed by atoms with Gasteiger partial charge < -0.3 is 5.32 Å². The van der Waals surface area contributed by atoms with Crippen LogP contribution in [0.25, 0.3) is 0 Å². The summed E-state index contributed by atoms with van der Waals surface area (Å²) in [6.45, 7) is 1.59. The van der Waals surface area contributed by atoms with Gasteiger partial charge in [0.2, 0.25) is 0 Å². The molecule has 0 atom stereocenters. The molecule has 0 aromatic heterocycles. The van der Waals surface area contributed by atoms with Gasteiger partial charge in [0.05, 0.1) is 5.69 Å². The molecule has 1 amide bonds. The molecule has 0 aliphatic heterocycles. The van der Waals surface area contributed by atoms with Crippen LogP contribution in [-0.4, -0.2) is 5.91 Å². The summed E-state index contributed by atoms with van der Waals surface area (Å²) in [4.78, 5) is 12.1. The van der Waals surface area contributed by atoms with E-state index in [1.807, 2.05) is 72.8 Å². The molecule has 0 bridgehead atoms. The van der Waals surface area contributed by atoms with Crippen molar-refractivity contribution in [3.63, 3.8) is 0 Å². The summed E-state index contributed by atoms with van der Waals surface area (Å²) in [5, 5.41) is 3.40. The van der Waals surface area contributed by atoms with Crippen LogP contribution < -0.4 is 16.2 Å². The third-order valence-corrected chi connectivity index (χ3v) is 3.81. The molecule has 3 N–H and O–H groups in total. The highest BCUT2D eigenvalue weighted by atomic mass is 16.2. The Morgan fingerprint density at radius 3 is 1.88 bits per heavy atom. The van der Waals surface area contributed by atoms with E-state index in [0.29, 0.717) is 5.56 Å². The van der Waals surface area contributed by atoms with E-state index in [1.54, 1.807) is 0 Å². The lowest BCUT2D eigenvalue weighted by Gasteiger charge is -2.09. The molecule has 0 saturated heterocycles. The lowest BCUT2D eigenvalue weighted by Crippen LogP contribution is -2.29. The van der Waals surface area contributed by atoms with Crippen molar-refractivity contribution in [2.45, 2.75) is 13.1 Å². The first kappa shape index (κ1) is 16.7. The van der Waals surface area contributed by atoms with E-state index in [2.05, 4.69) is 28.3 Å². The van der Waals surface area contributed by atoms with Gasteiger partial charge in [-0.2, -0.15) is 0 Å². The van der Waals surface area contributed by atoms with Crippen LogP contribution in [0.2, 0.25) is 0 Å². The number of hydrogen-bond donors (Lipinski definition) is 3. The molecule has 126 valence electrons. The molecule has 4 nitrogen and oxygen atoms in total. The maximum atomic E-state index is 12.1. The lowest BCUT2D eigenvalue weighted by molar-refractivity contribution is 0.0962. The van der Waals surface area contributed by atoms with Crippen LogP contribution in [0.15, 0.2) is 84.9 Å². The van der Waals surface area contributed by atoms with Crippen LogP contribution in [0, 0.1) is 0 Å². The maximum absolute atomic E-state index is 12.1. The van der Waals surface area contributed by atoms with Gasteiger partial charge >= 0.3 is 0 Å². The molecule has 0 radical (unpaired) electrons. The molecule has 0 aliphatic carbocycles. The number of anilines is 1. The predicted molar refractivity (Wildman–Crippen MR) is 101 cm³/mol. The lowest BCUT2D eigenvalue weighted by atomic mass is 10.1. The van der Waals surface area contributed by atoms with Crippen LogP contribution in [0.3, 0.4) is 0 Å². The molecule has 3 aromatic rings. The van der Waals surface area contributed by atoms with Gasteiger partial charge in [-0.25, -0.2) is 0 Å². The topological polar surface area (TPSA) is 53.2 Å². The first-order valence-corrected chi connectivity index (χ1v) is 8.26. The number of hydrogen-bond acceptors (Lipinski definition) is 3. The van der Waals surface area contributed by atoms with Gasteiger partial charge in [-0.15, -0.1) is 0 Å². The van der Waals surface area contributed by atoms with Crippen molar-refractivity contribution >= 4 is 11.6 Å². The molecule has 0 unspecified atom stereocenters. The maximum Gasteiger partial charge on any atom is 0.269 e. The summed E-state index contributed by atoms with van der Waals surface area (Å²) in [5.41, 5.74) is 9.46. The molecule has 0 fully saturated rings. The SMILES string of the molecule is O=C(NNc1ccccc1)c1ccc(CNCc2ccccc2)cc1. The summed E-state index contributed by atoms with van der Waals surface area (Å²) in [6, 6.07) is 27.4. The highest BCUT2D eigenvalue weighted by Crippen LogP contribution is 2.07. The van der Waals surface area contributed by atoms with Crippen LogP contribution >= 0.6 is 0 Å². The molecule has 3 aromatic carbocycles. The normalized spacial score (nSPS) is 10.2. The van der Waals surface area contributed by atoms with Gasteiger partial charge in [-0.3, -0.25) is 15.6 Å². The number of carbonyl (C=O) groups excluding carboxylic acids is 1. The number of nitrogens with one attached hydrogen (secondary N) is 3. The minimum absolute atomic E-state index is 0.160. The Balaban J connectivity index is 1.47. The van der Waals surface area contributed by atoms with Crippen molar-refractivity contribution in [2.75, 3.05) is 5.43 Å². The third kappa shape index (κ3) is 5.19. The minimum atomic E-state index is -0.160. The van der Waals surface area contributed by atoms with Gasteiger partial charge in [-0.1, -0.05) is 60.7 Å². The van der Waals surface area contributed by atoms with Crippen molar-refractivity contribution in [1.29, 1.82) is 0 Å².